The Hall–Kier alpha value is -2.86. The number of hydrogen-bond acceptors (Lipinski definition) is 4. The first kappa shape index (κ1) is 19.5. The molecule has 0 saturated heterocycles. The Morgan fingerprint density at radius 1 is 1.04 bits per heavy atom. The molecule has 0 spiro atoms. The summed E-state index contributed by atoms with van der Waals surface area (Å²) in [7, 11) is 5.38. The molecule has 2 aromatic carbocycles. The molecule has 0 unspecified atom stereocenters. The van der Waals surface area contributed by atoms with Gasteiger partial charge >= 0.3 is 0 Å². The number of benzene rings is 2. The number of ether oxygens (including phenoxy) is 1. The van der Waals surface area contributed by atoms with E-state index >= 15 is 0 Å². The van der Waals surface area contributed by atoms with E-state index in [1.54, 1.807) is 31.4 Å². The molecule has 2 aromatic rings. The fourth-order valence-corrected chi connectivity index (χ4v) is 2.49. The summed E-state index contributed by atoms with van der Waals surface area (Å²) in [6.45, 7) is 1.12. The van der Waals surface area contributed by atoms with Crippen LogP contribution in [0.2, 0.25) is 0 Å². The van der Waals surface area contributed by atoms with Gasteiger partial charge in [-0.2, -0.15) is 0 Å². The van der Waals surface area contributed by atoms with Crippen LogP contribution >= 0.6 is 0 Å². The molecular weight excluding hydrogens is 330 g/mol. The van der Waals surface area contributed by atoms with E-state index in [9.17, 15) is 9.59 Å². The summed E-state index contributed by atoms with van der Waals surface area (Å²) in [5.74, 6) is -0.393. The average Bonchev–Trinajstić information content (AvgIpc) is 2.65. The predicted octanol–water partition coefficient (Wildman–Crippen LogP) is 2.77. The Bertz CT molecular complexity index is 745. The van der Waals surface area contributed by atoms with E-state index in [0.29, 0.717) is 30.0 Å². The summed E-state index contributed by atoms with van der Waals surface area (Å²) in [5.41, 5.74) is 2.44. The monoisotopic (exact) mass is 355 g/mol. The molecule has 0 atom stereocenters. The minimum atomic E-state index is -0.213. The second-order valence-corrected chi connectivity index (χ2v) is 6.05. The molecule has 6 nitrogen and oxygen atoms in total. The molecule has 138 valence electrons. The first-order valence-corrected chi connectivity index (χ1v) is 8.48. The summed E-state index contributed by atoms with van der Waals surface area (Å²) in [6.07, 6.45) is 0.740. The molecule has 0 bridgehead atoms. The van der Waals surface area contributed by atoms with Crippen molar-refractivity contribution in [1.29, 1.82) is 0 Å². The highest BCUT2D eigenvalue weighted by Gasteiger charge is 2.15. The molecule has 26 heavy (non-hydrogen) atoms. The Labute approximate surface area is 154 Å². The van der Waals surface area contributed by atoms with Crippen molar-refractivity contribution in [1.82, 2.24) is 5.32 Å². The zero-order chi connectivity index (χ0) is 18.9. The van der Waals surface area contributed by atoms with E-state index in [1.165, 1.54) is 0 Å². The van der Waals surface area contributed by atoms with E-state index in [1.807, 2.05) is 43.3 Å². The van der Waals surface area contributed by atoms with E-state index in [4.69, 9.17) is 4.74 Å². The maximum atomic E-state index is 12.5. The van der Waals surface area contributed by atoms with Gasteiger partial charge in [0.25, 0.3) is 11.8 Å². The number of anilines is 2. The molecule has 0 saturated carbocycles. The number of rotatable bonds is 8. The standard InChI is InChI=1S/C20H25N3O3/c1-23(2)18-11-10-16(22-19(24)15-8-5-4-6-9-15)14-17(18)20(25)21-12-7-13-26-3/h4-6,8-11,14H,7,12-13H2,1-3H3,(H,21,25)(H,22,24). The molecule has 0 aliphatic rings. The highest BCUT2D eigenvalue weighted by molar-refractivity contribution is 6.06. The third kappa shape index (κ3) is 5.32. The lowest BCUT2D eigenvalue weighted by Gasteiger charge is -2.18. The van der Waals surface area contributed by atoms with Crippen LogP contribution in [0.1, 0.15) is 27.1 Å². The van der Waals surface area contributed by atoms with Gasteiger partial charge in [0.05, 0.1) is 5.56 Å². The third-order valence-corrected chi connectivity index (χ3v) is 3.83. The van der Waals surface area contributed by atoms with Crippen LogP contribution in [0.3, 0.4) is 0 Å². The molecule has 2 rings (SSSR count). The van der Waals surface area contributed by atoms with E-state index in [2.05, 4.69) is 10.6 Å². The van der Waals surface area contributed by atoms with Crippen LogP contribution in [-0.4, -0.2) is 46.2 Å². The van der Waals surface area contributed by atoms with Crippen LogP contribution in [0.15, 0.2) is 48.5 Å². The molecule has 2 amide bonds. The summed E-state index contributed by atoms with van der Waals surface area (Å²) >= 11 is 0. The fourth-order valence-electron chi connectivity index (χ4n) is 2.49. The molecule has 0 radical (unpaired) electrons. The largest absolute Gasteiger partial charge is 0.385 e. The van der Waals surface area contributed by atoms with Crippen molar-refractivity contribution >= 4 is 23.2 Å². The minimum Gasteiger partial charge on any atom is -0.385 e. The van der Waals surface area contributed by atoms with Crippen molar-refractivity contribution in [2.45, 2.75) is 6.42 Å². The van der Waals surface area contributed by atoms with Gasteiger partial charge in [-0.1, -0.05) is 18.2 Å². The number of carbonyl (C=O) groups excluding carboxylic acids is 2. The summed E-state index contributed by atoms with van der Waals surface area (Å²) in [4.78, 5) is 26.7. The van der Waals surface area contributed by atoms with Crippen molar-refractivity contribution in [3.63, 3.8) is 0 Å². The van der Waals surface area contributed by atoms with Gasteiger partial charge in [0.2, 0.25) is 0 Å². The van der Waals surface area contributed by atoms with Crippen molar-refractivity contribution < 1.29 is 14.3 Å². The third-order valence-electron chi connectivity index (χ3n) is 3.83. The van der Waals surface area contributed by atoms with Crippen LogP contribution in [0.4, 0.5) is 11.4 Å². The Morgan fingerprint density at radius 2 is 1.77 bits per heavy atom. The molecular formula is C20H25N3O3. The summed E-state index contributed by atoms with van der Waals surface area (Å²) in [5, 5.41) is 5.72. The van der Waals surface area contributed by atoms with Gasteiger partial charge in [0, 0.05) is 51.3 Å². The zero-order valence-corrected chi connectivity index (χ0v) is 15.4. The lowest BCUT2D eigenvalue weighted by atomic mass is 10.1. The quantitative estimate of drug-likeness (QED) is 0.715. The van der Waals surface area contributed by atoms with E-state index in [0.717, 1.165) is 12.1 Å². The van der Waals surface area contributed by atoms with Crippen LogP contribution in [0, 0.1) is 0 Å². The molecule has 0 aliphatic heterocycles. The Balaban J connectivity index is 2.16. The second-order valence-electron chi connectivity index (χ2n) is 6.05. The molecule has 6 heteroatoms. The lowest BCUT2D eigenvalue weighted by Crippen LogP contribution is -2.27. The SMILES string of the molecule is COCCCNC(=O)c1cc(NC(=O)c2ccccc2)ccc1N(C)C. The lowest BCUT2D eigenvalue weighted by molar-refractivity contribution is 0.0947. The number of nitrogens with one attached hydrogen (secondary N) is 2. The maximum absolute atomic E-state index is 12.5. The number of hydrogen-bond donors (Lipinski definition) is 2. The number of methoxy groups -OCH3 is 1. The second kappa shape index (κ2) is 9.58. The smallest absolute Gasteiger partial charge is 0.255 e. The van der Waals surface area contributed by atoms with E-state index in [-0.39, 0.29) is 11.8 Å². The van der Waals surface area contributed by atoms with Crippen molar-refractivity contribution in [2.75, 3.05) is 44.6 Å². The van der Waals surface area contributed by atoms with Gasteiger partial charge < -0.3 is 20.3 Å². The Kier molecular flexibility index (Phi) is 7.17. The number of nitrogens with zero attached hydrogens (tertiary/aromatic N) is 1. The van der Waals surface area contributed by atoms with Crippen LogP contribution in [-0.2, 0) is 4.74 Å². The summed E-state index contributed by atoms with van der Waals surface area (Å²) in [6, 6.07) is 14.3. The van der Waals surface area contributed by atoms with Gasteiger partial charge in [0.1, 0.15) is 0 Å². The van der Waals surface area contributed by atoms with Gasteiger partial charge in [-0.25, -0.2) is 0 Å². The van der Waals surface area contributed by atoms with Gasteiger partial charge in [0.15, 0.2) is 0 Å². The topological polar surface area (TPSA) is 70.7 Å². The highest BCUT2D eigenvalue weighted by atomic mass is 16.5. The van der Waals surface area contributed by atoms with Crippen LogP contribution < -0.4 is 15.5 Å². The Morgan fingerprint density at radius 3 is 2.42 bits per heavy atom. The van der Waals surface area contributed by atoms with Crippen molar-refractivity contribution in [3.8, 4) is 0 Å². The summed E-state index contributed by atoms with van der Waals surface area (Å²) < 4.78 is 4.99. The normalized spacial score (nSPS) is 10.3. The first-order chi connectivity index (χ1) is 12.5. The highest BCUT2D eigenvalue weighted by Crippen LogP contribution is 2.23. The number of amides is 2. The fraction of sp³-hybridized carbons (Fsp3) is 0.300. The number of carbonyl (C=O) groups is 2. The van der Waals surface area contributed by atoms with Gasteiger partial charge in [-0.3, -0.25) is 9.59 Å². The molecule has 0 aliphatic carbocycles. The predicted molar refractivity (Wildman–Crippen MR) is 104 cm³/mol. The maximum Gasteiger partial charge on any atom is 0.255 e. The first-order valence-electron chi connectivity index (χ1n) is 8.48. The molecule has 0 heterocycles. The van der Waals surface area contributed by atoms with Crippen molar-refractivity contribution in [3.05, 3.63) is 59.7 Å². The molecule has 2 N–H and O–H groups in total. The zero-order valence-electron chi connectivity index (χ0n) is 15.4. The average molecular weight is 355 g/mol. The minimum absolute atomic E-state index is 0.180. The van der Waals surface area contributed by atoms with Crippen LogP contribution in [0.5, 0.6) is 0 Å². The van der Waals surface area contributed by atoms with Gasteiger partial charge in [-0.15, -0.1) is 0 Å². The van der Waals surface area contributed by atoms with Crippen LogP contribution in [0.25, 0.3) is 0 Å². The molecule has 0 aromatic heterocycles. The molecule has 0 fully saturated rings. The van der Waals surface area contributed by atoms with Crippen molar-refractivity contribution in [2.24, 2.45) is 0 Å². The van der Waals surface area contributed by atoms with E-state index < -0.39 is 0 Å². The van der Waals surface area contributed by atoms with Gasteiger partial charge in [-0.05, 0) is 36.8 Å².